The van der Waals surface area contributed by atoms with Crippen LogP contribution in [0.1, 0.15) is 30.5 Å². The molecule has 0 fully saturated rings. The molecule has 1 radical (unpaired) electrons. The van der Waals surface area contributed by atoms with Gasteiger partial charge in [0.2, 0.25) is 0 Å². The number of hydrogen-bond acceptors (Lipinski definition) is 24. The third-order valence-electron chi connectivity index (χ3n) is 10.4. The van der Waals surface area contributed by atoms with E-state index in [1.807, 2.05) is 80.2 Å². The van der Waals surface area contributed by atoms with E-state index in [1.165, 1.54) is 35.7 Å². The van der Waals surface area contributed by atoms with E-state index < -0.39 is 58.5 Å². The van der Waals surface area contributed by atoms with Gasteiger partial charge < -0.3 is 29.8 Å². The summed E-state index contributed by atoms with van der Waals surface area (Å²) in [5, 5.41) is 40.5. The number of imidazole rings is 1. The minimum atomic E-state index is -6.44. The predicted octanol–water partition coefficient (Wildman–Crippen LogP) is 12.8. The van der Waals surface area contributed by atoms with Crippen LogP contribution in [-0.4, -0.2) is 99.9 Å². The molecule has 0 bridgehead atoms. The molecule has 0 saturated heterocycles. The van der Waals surface area contributed by atoms with Gasteiger partial charge in [-0.05, 0) is 108 Å². The number of aromatic hydroxyl groups is 2. The summed E-state index contributed by atoms with van der Waals surface area (Å²) in [6.07, 6.45) is 3.39. The van der Waals surface area contributed by atoms with Crippen LogP contribution in [-0.2, 0) is 44.1 Å². The van der Waals surface area contributed by atoms with Gasteiger partial charge in [0.1, 0.15) is 27.4 Å². The predicted molar refractivity (Wildman–Crippen MR) is 321 cm³/mol. The van der Waals surface area contributed by atoms with Gasteiger partial charge in [-0.25, -0.2) is 24.9 Å². The first-order chi connectivity index (χ1) is 42.4. The average molecular weight is 1480 g/mol. The first-order valence-corrected chi connectivity index (χ1v) is 32.7. The number of phenols is 2. The quantitative estimate of drug-likeness (QED) is 0.0208. The van der Waals surface area contributed by atoms with Crippen molar-refractivity contribution in [2.24, 2.45) is 5.73 Å². The highest BCUT2D eigenvalue weighted by Crippen LogP contribution is 2.37. The number of amides is 1. The molecular weight excluding hydrogens is 1440 g/mol. The lowest BCUT2D eigenvalue weighted by atomic mass is 9.99. The van der Waals surface area contributed by atoms with Gasteiger partial charge in [0.25, 0.3) is 5.91 Å². The maximum absolute atomic E-state index is 12.3. The first kappa shape index (κ1) is 74.1. The number of rotatable bonds is 13. The van der Waals surface area contributed by atoms with Gasteiger partial charge in [-0.2, -0.15) is 64.8 Å². The smallest absolute Gasteiger partial charge is 0.535 e. The van der Waals surface area contributed by atoms with E-state index in [2.05, 4.69) is 74.8 Å². The highest BCUT2D eigenvalue weighted by atomic mass is 79.9. The van der Waals surface area contributed by atoms with Crippen LogP contribution in [0.25, 0.3) is 50.5 Å². The standard InChI is InChI=1S/C18H14N4OS.C11H8F3NO3S2.C10H9NOS.C6H6BO3.C4H4BrNS.C2F6O7S2/c1-11-21-15(10-24-11)14-5-3-2-4-13(14)12-6-7-17-20-8-16(18(19)23)22(17)9-12;1-7-15-9(6-19-7)8-4-2-3-5-10(8)18-20(16,17)11(12,13)14;1-7-11-9(6-13-7)8-4-2-3-5-10(8)12;8-5-3-1-2-4-6(5)10-7-9;1-3-6-4(5)2-7-3;3-1(4,5)16(9,10)14-13-15-17(11,12)2(6,7)8/h2-10H,1H3,(H2,19,23);2-6H,1H3;2-6,12H,1H3;1-4,8-9H;2H,1H3;. The van der Waals surface area contributed by atoms with E-state index in [0.717, 1.165) is 59.3 Å². The van der Waals surface area contributed by atoms with Crippen LogP contribution in [0.4, 0.5) is 39.5 Å². The van der Waals surface area contributed by atoms with Gasteiger partial charge in [-0.3, -0.25) is 9.20 Å². The summed E-state index contributed by atoms with van der Waals surface area (Å²) in [4.78, 5) is 32.8. The molecule has 1 amide bonds. The summed E-state index contributed by atoms with van der Waals surface area (Å²) in [5.74, 6) is -0.371. The van der Waals surface area contributed by atoms with E-state index in [1.54, 1.807) is 87.1 Å². The summed E-state index contributed by atoms with van der Waals surface area (Å²) >= 11 is 9.38. The summed E-state index contributed by atoms with van der Waals surface area (Å²) in [6.45, 7) is 7.65. The zero-order valence-electron chi connectivity index (χ0n) is 46.1. The van der Waals surface area contributed by atoms with Crippen LogP contribution in [0.3, 0.4) is 0 Å². The summed E-state index contributed by atoms with van der Waals surface area (Å²) in [5.41, 5.74) is -4.82. The fourth-order valence-electron chi connectivity index (χ4n) is 6.46. The Balaban J connectivity index is 0.000000206. The largest absolute Gasteiger partial charge is 0.569 e. The zero-order chi connectivity index (χ0) is 67.7. The van der Waals surface area contributed by atoms with Crippen molar-refractivity contribution in [1.82, 2.24) is 29.3 Å². The van der Waals surface area contributed by atoms with Crippen molar-refractivity contribution in [1.29, 1.82) is 0 Å². The lowest BCUT2D eigenvalue weighted by Gasteiger charge is -2.11. The number of nitrogens with zero attached hydrogens (tertiary/aromatic N) is 6. The number of primary amides is 1. The number of carbonyl (C=O) groups excluding carboxylic acids is 1. The van der Waals surface area contributed by atoms with Crippen molar-refractivity contribution >= 4 is 111 Å². The SMILES string of the molecule is Cc1nc(-c2ccccc2-c2ccc3ncc(C(N)=O)n3c2)cs1.Cc1nc(-c2ccccc2O)cs1.Cc1nc(-c2ccccc2OS(=O)(=O)C(F)(F)F)cs1.Cc1nc(Br)cs1.O=S(=O)(OOOS(=O)(=O)C(F)(F)F)C(F)(F)F.O[B]Oc1ccccc1O. The lowest BCUT2D eigenvalue weighted by Crippen LogP contribution is -2.29. The van der Waals surface area contributed by atoms with Crippen molar-refractivity contribution < 1.29 is 107 Å². The second-order valence-corrected chi connectivity index (χ2v) is 26.4. The number of phenolic OH excluding ortho intramolecular Hbond substituents is 2. The molecule has 6 aromatic heterocycles. The molecule has 10 aromatic rings. The number of hydrogen-bond donors (Lipinski definition) is 4. The third kappa shape index (κ3) is 21.5. The van der Waals surface area contributed by atoms with Crippen LogP contribution in [0.15, 0.2) is 148 Å². The Hall–Kier alpha value is -7.64. The number of fused-ring (bicyclic) bond motifs is 1. The van der Waals surface area contributed by atoms with Crippen molar-refractivity contribution in [2.75, 3.05) is 0 Å². The van der Waals surface area contributed by atoms with Gasteiger partial charge in [0, 0.05) is 44.4 Å². The molecule has 10 rings (SSSR count). The highest BCUT2D eigenvalue weighted by Gasteiger charge is 2.52. The van der Waals surface area contributed by atoms with E-state index in [-0.39, 0.29) is 22.8 Å². The number of carbonyl (C=O) groups is 1. The van der Waals surface area contributed by atoms with Crippen LogP contribution in [0.2, 0.25) is 0 Å². The van der Waals surface area contributed by atoms with Gasteiger partial charge in [0.15, 0.2) is 11.5 Å². The molecule has 0 aliphatic carbocycles. The molecule has 0 aliphatic rings. The Morgan fingerprint density at radius 2 is 0.967 bits per heavy atom. The summed E-state index contributed by atoms with van der Waals surface area (Å²) in [6, 6.07) is 31.1. The zero-order valence-corrected chi connectivity index (χ0v) is 53.4. The molecule has 6 heterocycles. The average Bonchev–Trinajstić information content (AvgIpc) is 1.97. The van der Waals surface area contributed by atoms with Crippen molar-refractivity contribution in [3.05, 3.63) is 173 Å². The molecule has 91 heavy (non-hydrogen) atoms. The maximum atomic E-state index is 12.3. The molecule has 4 aromatic carbocycles. The molecular formula is C51H41BBrF9N7O15S7. The van der Waals surface area contributed by atoms with Crippen LogP contribution in [0, 0.1) is 27.7 Å². The fraction of sp³-hybridized carbons (Fsp3) is 0.137. The lowest BCUT2D eigenvalue weighted by molar-refractivity contribution is -0.413. The molecule has 5 N–H and O–H groups in total. The molecule has 485 valence electrons. The van der Waals surface area contributed by atoms with E-state index in [9.17, 15) is 74.7 Å². The number of halogens is 10. The monoisotopic (exact) mass is 1480 g/mol. The Morgan fingerprint density at radius 3 is 1.38 bits per heavy atom. The Bertz CT molecular complexity index is 4360. The first-order valence-electron chi connectivity index (χ1n) is 24.1. The normalized spacial score (nSPS) is 11.6. The number of thiazole rings is 4. The topological polar surface area (TPSA) is 321 Å². The minimum absolute atomic E-state index is 0.00722. The number of aryl methyl sites for hydroxylation is 4. The van der Waals surface area contributed by atoms with Gasteiger partial charge in [-0.15, -0.1) is 45.3 Å². The third-order valence-corrected chi connectivity index (χ3v) is 16.8. The molecule has 0 aliphatic heterocycles. The number of aromatic nitrogens is 6. The number of nitrogens with two attached hydrogens (primary N) is 1. The number of pyridine rings is 1. The molecule has 0 unspecified atom stereocenters. The molecule has 0 spiro atoms. The molecule has 40 heteroatoms. The molecule has 0 atom stereocenters. The summed E-state index contributed by atoms with van der Waals surface area (Å²) in [7, 11) is -18.1. The molecule has 0 saturated carbocycles. The molecule has 22 nitrogen and oxygen atoms in total. The highest BCUT2D eigenvalue weighted by molar-refractivity contribution is 9.10. The van der Waals surface area contributed by atoms with Gasteiger partial charge in [-0.1, -0.05) is 69.3 Å². The van der Waals surface area contributed by atoms with Crippen molar-refractivity contribution in [3.63, 3.8) is 0 Å². The summed E-state index contributed by atoms with van der Waals surface area (Å²) < 4.78 is 184. The Kier molecular flexibility index (Phi) is 26.1. The van der Waals surface area contributed by atoms with E-state index >= 15 is 0 Å². The van der Waals surface area contributed by atoms with Gasteiger partial charge >= 0.3 is 54.6 Å². The Morgan fingerprint density at radius 1 is 0.549 bits per heavy atom. The van der Waals surface area contributed by atoms with Crippen molar-refractivity contribution in [3.8, 4) is 67.9 Å². The van der Waals surface area contributed by atoms with Crippen LogP contribution < -0.4 is 14.6 Å². The van der Waals surface area contributed by atoms with E-state index in [0.29, 0.717) is 29.7 Å². The van der Waals surface area contributed by atoms with E-state index in [4.69, 9.17) is 15.9 Å². The number of benzene rings is 4. The van der Waals surface area contributed by atoms with Crippen LogP contribution >= 0.6 is 61.3 Å². The number of para-hydroxylation sites is 4. The van der Waals surface area contributed by atoms with Crippen LogP contribution in [0.5, 0.6) is 23.0 Å². The Labute approximate surface area is 535 Å². The van der Waals surface area contributed by atoms with Gasteiger partial charge in [0.05, 0.1) is 43.3 Å². The maximum Gasteiger partial charge on any atom is 0.569 e. The second kappa shape index (κ2) is 32.1. The number of alkyl halides is 9. The second-order valence-electron chi connectivity index (χ2n) is 16.8. The minimum Gasteiger partial charge on any atom is -0.535 e. The van der Waals surface area contributed by atoms with Crippen molar-refractivity contribution in [2.45, 2.75) is 44.2 Å². The fourth-order valence-corrected chi connectivity index (χ4v) is 10.3.